The number of rotatable bonds is 2. The lowest BCUT2D eigenvalue weighted by atomic mass is 10.1. The Labute approximate surface area is 75.5 Å². The Balaban J connectivity index is 1.93. The largest absolute Gasteiger partial charge is 0.465 e. The highest BCUT2D eigenvalue weighted by Crippen LogP contribution is 2.59. The number of alkyl halides is 1. The van der Waals surface area contributed by atoms with Crippen LogP contribution in [0.4, 0.5) is 9.18 Å². The number of carboxylic acid groups (broad SMARTS) is 1. The second kappa shape index (κ2) is 2.57. The molecule has 0 bridgehead atoms. The smallest absolute Gasteiger partial charge is 0.407 e. The molecular formula is C8H13FN2O2. The molecule has 4 nitrogen and oxygen atoms in total. The van der Waals surface area contributed by atoms with Gasteiger partial charge in [-0.1, -0.05) is 0 Å². The van der Waals surface area contributed by atoms with Gasteiger partial charge in [0.15, 0.2) is 0 Å². The van der Waals surface area contributed by atoms with E-state index >= 15 is 0 Å². The maximum Gasteiger partial charge on any atom is 0.407 e. The summed E-state index contributed by atoms with van der Waals surface area (Å²) in [7, 11) is 0. The summed E-state index contributed by atoms with van der Waals surface area (Å²) in [6, 6.07) is 0. The van der Waals surface area contributed by atoms with Crippen molar-refractivity contribution in [3.05, 3.63) is 0 Å². The van der Waals surface area contributed by atoms with Gasteiger partial charge in [-0.25, -0.2) is 9.18 Å². The number of halogens is 1. The first-order valence-electron chi connectivity index (χ1n) is 4.46. The summed E-state index contributed by atoms with van der Waals surface area (Å²) in [5.41, 5.74) is 4.13. The molecule has 5 heteroatoms. The third-order valence-electron chi connectivity index (χ3n) is 3.24. The van der Waals surface area contributed by atoms with Gasteiger partial charge in [-0.05, 0) is 13.0 Å². The second-order valence-corrected chi connectivity index (χ2v) is 3.87. The zero-order valence-electron chi connectivity index (χ0n) is 7.24. The van der Waals surface area contributed by atoms with Gasteiger partial charge in [-0.2, -0.15) is 0 Å². The quantitative estimate of drug-likeness (QED) is 0.654. The van der Waals surface area contributed by atoms with Crippen LogP contribution in [0.25, 0.3) is 0 Å². The minimum atomic E-state index is -1.15. The van der Waals surface area contributed by atoms with Gasteiger partial charge in [-0.15, -0.1) is 0 Å². The third kappa shape index (κ3) is 1.10. The van der Waals surface area contributed by atoms with E-state index in [4.69, 9.17) is 10.8 Å². The predicted molar refractivity (Wildman–Crippen MR) is 44.1 cm³/mol. The van der Waals surface area contributed by atoms with Crippen molar-refractivity contribution in [2.24, 2.45) is 17.6 Å². The number of hydrogen-bond acceptors (Lipinski definition) is 2. The Kier molecular flexibility index (Phi) is 1.73. The molecule has 2 fully saturated rings. The molecule has 0 spiro atoms. The highest BCUT2D eigenvalue weighted by molar-refractivity contribution is 5.66. The number of carbonyl (C=O) groups is 1. The van der Waals surface area contributed by atoms with E-state index in [1.807, 2.05) is 0 Å². The summed E-state index contributed by atoms with van der Waals surface area (Å²) in [4.78, 5) is 11.8. The molecular weight excluding hydrogens is 175 g/mol. The Morgan fingerprint density at radius 3 is 2.54 bits per heavy atom. The summed E-state index contributed by atoms with van der Waals surface area (Å²) in [6.45, 7) is 1.03. The highest BCUT2D eigenvalue weighted by atomic mass is 19.1. The second-order valence-electron chi connectivity index (χ2n) is 3.87. The number of hydrogen-bond donors (Lipinski definition) is 2. The molecule has 1 amide bonds. The Morgan fingerprint density at radius 1 is 1.62 bits per heavy atom. The minimum Gasteiger partial charge on any atom is -0.465 e. The van der Waals surface area contributed by atoms with Crippen molar-refractivity contribution in [2.45, 2.75) is 12.1 Å². The summed E-state index contributed by atoms with van der Waals surface area (Å²) >= 11 is 0. The van der Waals surface area contributed by atoms with Crippen molar-refractivity contribution >= 4 is 6.09 Å². The lowest BCUT2D eigenvalue weighted by molar-refractivity contribution is 0.131. The lowest BCUT2D eigenvalue weighted by Crippen LogP contribution is -2.34. The van der Waals surface area contributed by atoms with Crippen LogP contribution in [-0.2, 0) is 0 Å². The van der Waals surface area contributed by atoms with Crippen LogP contribution >= 0.6 is 0 Å². The van der Waals surface area contributed by atoms with Crippen LogP contribution in [0.1, 0.15) is 6.42 Å². The van der Waals surface area contributed by atoms with Crippen molar-refractivity contribution in [1.82, 2.24) is 4.90 Å². The van der Waals surface area contributed by atoms with E-state index in [-0.39, 0.29) is 11.8 Å². The first-order valence-corrected chi connectivity index (χ1v) is 4.46. The van der Waals surface area contributed by atoms with Gasteiger partial charge in [0.2, 0.25) is 0 Å². The zero-order chi connectivity index (χ0) is 9.64. The molecule has 0 aromatic heterocycles. The molecule has 1 saturated heterocycles. The molecule has 0 aromatic rings. The average Bonchev–Trinajstić information content (AvgIpc) is 2.51. The van der Waals surface area contributed by atoms with Gasteiger partial charge in [-0.3, -0.25) is 0 Å². The molecule has 2 rings (SSSR count). The van der Waals surface area contributed by atoms with Gasteiger partial charge in [0.25, 0.3) is 0 Å². The summed E-state index contributed by atoms with van der Waals surface area (Å²) in [5, 5.41) is 8.63. The molecule has 0 radical (unpaired) electrons. The minimum absolute atomic E-state index is 0.0906. The van der Waals surface area contributed by atoms with E-state index in [1.165, 1.54) is 4.90 Å². The summed E-state index contributed by atoms with van der Waals surface area (Å²) in [6.07, 6.45) is -0.571. The van der Waals surface area contributed by atoms with Crippen molar-refractivity contribution in [1.29, 1.82) is 0 Å². The van der Waals surface area contributed by atoms with Gasteiger partial charge < -0.3 is 15.7 Å². The molecule has 2 atom stereocenters. The molecule has 2 aliphatic rings. The van der Waals surface area contributed by atoms with Gasteiger partial charge >= 0.3 is 6.09 Å². The number of likely N-dealkylation sites (tertiary alicyclic amines) is 1. The Morgan fingerprint density at radius 2 is 2.15 bits per heavy atom. The molecule has 13 heavy (non-hydrogen) atoms. The summed E-state index contributed by atoms with van der Waals surface area (Å²) < 4.78 is 13.7. The number of fused-ring (bicyclic) bond motifs is 1. The van der Waals surface area contributed by atoms with Crippen LogP contribution in [0.2, 0.25) is 0 Å². The molecule has 1 heterocycles. The predicted octanol–water partition coefficient (Wildman–Crippen LogP) is 0.283. The monoisotopic (exact) mass is 188 g/mol. The molecule has 2 unspecified atom stereocenters. The molecule has 74 valence electrons. The number of amides is 1. The maximum atomic E-state index is 13.7. The van der Waals surface area contributed by atoms with Crippen LogP contribution in [0, 0.1) is 11.8 Å². The fourth-order valence-corrected chi connectivity index (χ4v) is 2.42. The summed E-state index contributed by atoms with van der Waals surface area (Å²) in [5.74, 6) is -0.181. The number of nitrogens with two attached hydrogens (primary N) is 1. The molecule has 1 aliphatic heterocycles. The van der Waals surface area contributed by atoms with E-state index in [0.29, 0.717) is 26.1 Å². The zero-order valence-corrected chi connectivity index (χ0v) is 7.24. The van der Waals surface area contributed by atoms with Crippen LogP contribution in [0.3, 0.4) is 0 Å². The number of nitrogens with zero attached hydrogens (tertiary/aromatic N) is 1. The fourth-order valence-electron chi connectivity index (χ4n) is 2.42. The van der Waals surface area contributed by atoms with Crippen molar-refractivity contribution in [2.75, 3.05) is 19.6 Å². The van der Waals surface area contributed by atoms with E-state index in [1.54, 1.807) is 0 Å². The van der Waals surface area contributed by atoms with E-state index in [9.17, 15) is 9.18 Å². The van der Waals surface area contributed by atoms with Crippen LogP contribution < -0.4 is 5.73 Å². The van der Waals surface area contributed by atoms with Crippen LogP contribution in [-0.4, -0.2) is 41.4 Å². The van der Waals surface area contributed by atoms with Crippen molar-refractivity contribution < 1.29 is 14.3 Å². The van der Waals surface area contributed by atoms with E-state index < -0.39 is 11.8 Å². The first kappa shape index (κ1) is 8.74. The third-order valence-corrected chi connectivity index (χ3v) is 3.24. The number of piperidine rings is 1. The molecule has 3 N–H and O–H groups in total. The standard InChI is InChI=1S/C8H13FN2O2/c9-8(1-2-10)5-3-11(7(12)13)4-6(5)8/h5-6H,1-4,10H2,(H,12,13). The normalized spacial score (nSPS) is 41.8. The molecule has 1 saturated carbocycles. The van der Waals surface area contributed by atoms with Gasteiger partial charge in [0, 0.05) is 24.9 Å². The topological polar surface area (TPSA) is 66.6 Å². The molecule has 0 aromatic carbocycles. The van der Waals surface area contributed by atoms with Crippen LogP contribution in [0.5, 0.6) is 0 Å². The van der Waals surface area contributed by atoms with Crippen molar-refractivity contribution in [3.8, 4) is 0 Å². The van der Waals surface area contributed by atoms with Crippen molar-refractivity contribution in [3.63, 3.8) is 0 Å². The molecule has 1 aliphatic carbocycles. The fraction of sp³-hybridized carbons (Fsp3) is 0.875. The van der Waals surface area contributed by atoms with Gasteiger partial charge in [0.1, 0.15) is 5.67 Å². The SMILES string of the molecule is NCCC1(F)C2CN(C(=O)O)CC21. The first-order chi connectivity index (χ1) is 6.09. The lowest BCUT2D eigenvalue weighted by Gasteiger charge is -2.18. The van der Waals surface area contributed by atoms with Crippen LogP contribution in [0.15, 0.2) is 0 Å². The van der Waals surface area contributed by atoms with E-state index in [2.05, 4.69) is 0 Å². The Hall–Kier alpha value is -0.840. The highest BCUT2D eigenvalue weighted by Gasteiger charge is 2.69. The van der Waals surface area contributed by atoms with Gasteiger partial charge in [0.05, 0.1) is 0 Å². The maximum absolute atomic E-state index is 13.7. The average molecular weight is 188 g/mol. The van der Waals surface area contributed by atoms with E-state index in [0.717, 1.165) is 0 Å². The Bertz CT molecular complexity index is 234.